The van der Waals surface area contributed by atoms with Crippen LogP contribution in [0.5, 0.6) is 0 Å². The van der Waals surface area contributed by atoms with Crippen LogP contribution in [0.4, 0.5) is 0 Å². The first kappa shape index (κ1) is 21.2. The van der Waals surface area contributed by atoms with Gasteiger partial charge in [0.1, 0.15) is 5.65 Å². The van der Waals surface area contributed by atoms with Gasteiger partial charge in [-0.2, -0.15) is 0 Å². The average Bonchev–Trinajstić information content (AvgIpc) is 3.37. The van der Waals surface area contributed by atoms with Gasteiger partial charge in [-0.25, -0.2) is 4.98 Å². The normalized spacial score (nSPS) is 11.2. The number of imidazole rings is 1. The van der Waals surface area contributed by atoms with Crippen LogP contribution in [-0.2, 0) is 0 Å². The smallest absolute Gasteiger partial charge is 0.137 e. The van der Waals surface area contributed by atoms with E-state index >= 15 is 0 Å². The molecule has 3 aromatic carbocycles. The zero-order valence-electron chi connectivity index (χ0n) is 20.0. The fraction of sp³-hybridized carbons (Fsp3) is 0. The molecule has 0 atom stereocenters. The molecule has 0 fully saturated rings. The van der Waals surface area contributed by atoms with Crippen molar-refractivity contribution in [3.05, 3.63) is 134 Å². The van der Waals surface area contributed by atoms with E-state index in [2.05, 4.69) is 99.4 Å². The molecule has 0 aliphatic heterocycles. The number of pyridine rings is 3. The van der Waals surface area contributed by atoms with E-state index in [1.165, 1.54) is 0 Å². The minimum Gasteiger partial charge on any atom is -0.300 e. The molecular weight excluding hydrogens is 452 g/mol. The number of hydrogen-bond acceptors (Lipinski definition) is 3. The van der Waals surface area contributed by atoms with Gasteiger partial charge >= 0.3 is 0 Å². The second-order valence-corrected chi connectivity index (χ2v) is 9.07. The number of benzene rings is 3. The van der Waals surface area contributed by atoms with E-state index < -0.39 is 0 Å². The summed E-state index contributed by atoms with van der Waals surface area (Å²) in [5.41, 5.74) is 12.1. The fourth-order valence-corrected chi connectivity index (χ4v) is 4.91. The molecule has 7 rings (SSSR count). The third-order valence-electron chi connectivity index (χ3n) is 6.82. The molecule has 0 saturated carbocycles. The maximum Gasteiger partial charge on any atom is 0.137 e. The van der Waals surface area contributed by atoms with Crippen molar-refractivity contribution in [1.29, 1.82) is 0 Å². The molecule has 0 unspecified atom stereocenters. The van der Waals surface area contributed by atoms with Crippen molar-refractivity contribution in [2.45, 2.75) is 0 Å². The van der Waals surface area contributed by atoms with Gasteiger partial charge in [-0.05, 0) is 75.3 Å². The first-order valence-corrected chi connectivity index (χ1v) is 12.3. The van der Waals surface area contributed by atoms with Crippen LogP contribution < -0.4 is 0 Å². The van der Waals surface area contributed by atoms with E-state index in [-0.39, 0.29) is 0 Å². The van der Waals surface area contributed by atoms with Crippen molar-refractivity contribution >= 4 is 16.7 Å². The van der Waals surface area contributed by atoms with Crippen molar-refractivity contribution in [3.63, 3.8) is 0 Å². The maximum absolute atomic E-state index is 5.01. The average molecular weight is 475 g/mol. The summed E-state index contributed by atoms with van der Waals surface area (Å²) in [5, 5.41) is 0. The lowest BCUT2D eigenvalue weighted by molar-refractivity contribution is 1.23. The van der Waals surface area contributed by atoms with Crippen LogP contribution in [0.2, 0.25) is 0 Å². The Hall–Kier alpha value is -5.09. The number of aromatic nitrogens is 4. The second-order valence-electron chi connectivity index (χ2n) is 9.07. The number of fused-ring (bicyclic) bond motifs is 3. The topological polar surface area (TPSA) is 43.1 Å². The monoisotopic (exact) mass is 474 g/mol. The van der Waals surface area contributed by atoms with Gasteiger partial charge in [-0.15, -0.1) is 0 Å². The predicted octanol–water partition coefficient (Wildman–Crippen LogP) is 7.95. The Kier molecular flexibility index (Phi) is 5.07. The highest BCUT2D eigenvalue weighted by atomic mass is 15.0. The molecule has 37 heavy (non-hydrogen) atoms. The Bertz CT molecular complexity index is 1840. The predicted molar refractivity (Wildman–Crippen MR) is 150 cm³/mol. The fourth-order valence-electron chi connectivity index (χ4n) is 4.91. The van der Waals surface area contributed by atoms with Crippen molar-refractivity contribution in [3.8, 4) is 44.5 Å². The zero-order chi connectivity index (χ0) is 24.6. The summed E-state index contributed by atoms with van der Waals surface area (Å²) in [6.07, 6.45) is 9.47. The molecule has 0 amide bonds. The summed E-state index contributed by atoms with van der Waals surface area (Å²) in [6, 6.07) is 36.1. The van der Waals surface area contributed by atoms with E-state index in [9.17, 15) is 0 Å². The lowest BCUT2D eigenvalue weighted by Crippen LogP contribution is -1.88. The molecule has 0 saturated heterocycles. The molecule has 4 nitrogen and oxygen atoms in total. The minimum atomic E-state index is 0.940. The Balaban J connectivity index is 1.38. The highest BCUT2D eigenvalue weighted by molar-refractivity contribution is 5.98. The van der Waals surface area contributed by atoms with Gasteiger partial charge in [0, 0.05) is 36.5 Å². The molecule has 0 bridgehead atoms. The van der Waals surface area contributed by atoms with Gasteiger partial charge in [-0.3, -0.25) is 14.4 Å². The van der Waals surface area contributed by atoms with Gasteiger partial charge in [0.15, 0.2) is 0 Å². The van der Waals surface area contributed by atoms with E-state index in [1.807, 2.05) is 36.7 Å². The Morgan fingerprint density at radius 3 is 1.68 bits per heavy atom. The first-order chi connectivity index (χ1) is 18.3. The van der Waals surface area contributed by atoms with Gasteiger partial charge in [0.05, 0.1) is 11.0 Å². The highest BCUT2D eigenvalue weighted by Gasteiger charge is 2.14. The Morgan fingerprint density at radius 1 is 0.486 bits per heavy atom. The molecule has 0 radical (unpaired) electrons. The van der Waals surface area contributed by atoms with Gasteiger partial charge < -0.3 is 0 Å². The summed E-state index contributed by atoms with van der Waals surface area (Å²) in [4.78, 5) is 13.5. The van der Waals surface area contributed by atoms with Crippen molar-refractivity contribution in [1.82, 2.24) is 19.4 Å². The summed E-state index contributed by atoms with van der Waals surface area (Å²) < 4.78 is 2.16. The van der Waals surface area contributed by atoms with Gasteiger partial charge in [-0.1, -0.05) is 66.7 Å². The molecule has 4 heterocycles. The van der Waals surface area contributed by atoms with Crippen molar-refractivity contribution in [2.24, 2.45) is 0 Å². The number of rotatable bonds is 4. The second kappa shape index (κ2) is 8.85. The van der Waals surface area contributed by atoms with Crippen LogP contribution in [0.25, 0.3) is 61.2 Å². The van der Waals surface area contributed by atoms with E-state index in [4.69, 9.17) is 4.98 Å². The van der Waals surface area contributed by atoms with Crippen molar-refractivity contribution in [2.75, 3.05) is 0 Å². The molecule has 0 aliphatic carbocycles. The lowest BCUT2D eigenvalue weighted by atomic mass is 9.95. The van der Waals surface area contributed by atoms with Crippen LogP contribution in [-0.4, -0.2) is 19.4 Å². The molecule has 0 aliphatic rings. The molecule has 0 spiro atoms. The molecular formula is C33H22N4. The molecule has 4 heteroatoms. The molecule has 7 aromatic rings. The maximum atomic E-state index is 5.01. The number of hydrogen-bond donors (Lipinski definition) is 0. The molecule has 174 valence electrons. The minimum absolute atomic E-state index is 0.940. The summed E-state index contributed by atoms with van der Waals surface area (Å²) in [6.45, 7) is 0. The lowest BCUT2D eigenvalue weighted by Gasteiger charge is -2.10. The van der Waals surface area contributed by atoms with E-state index in [0.717, 1.165) is 61.2 Å². The molecule has 0 N–H and O–H groups in total. The molecule has 4 aromatic heterocycles. The summed E-state index contributed by atoms with van der Waals surface area (Å²) in [5.74, 6) is 0. The highest BCUT2D eigenvalue weighted by Crippen LogP contribution is 2.36. The van der Waals surface area contributed by atoms with Crippen LogP contribution in [0.1, 0.15) is 0 Å². The first-order valence-electron chi connectivity index (χ1n) is 12.3. The summed E-state index contributed by atoms with van der Waals surface area (Å²) >= 11 is 0. The SMILES string of the molecule is c1cncc(-c2ccc(-c3cc(-c4ccc(-c5cccnc5)cc4)c4nc5ccccn5c4c3)cc2)c1. The standard InChI is InChI=1S/C33H22N4/c1-2-18-37-31-20-29(25-10-8-23(9-11-25)27-5-3-16-34-21-27)19-30(33(31)36-32(37)7-1)26-14-12-24(13-15-26)28-6-4-17-35-22-28/h1-22H. The third-order valence-corrected chi connectivity index (χ3v) is 6.82. The van der Waals surface area contributed by atoms with Crippen LogP contribution in [0.3, 0.4) is 0 Å². The van der Waals surface area contributed by atoms with E-state index in [1.54, 1.807) is 12.4 Å². The Labute approximate surface area is 214 Å². The number of nitrogens with zero attached hydrogens (tertiary/aromatic N) is 4. The third kappa shape index (κ3) is 3.85. The van der Waals surface area contributed by atoms with Gasteiger partial charge in [0.2, 0.25) is 0 Å². The quantitative estimate of drug-likeness (QED) is 0.260. The largest absolute Gasteiger partial charge is 0.300 e. The van der Waals surface area contributed by atoms with Crippen LogP contribution in [0, 0.1) is 0 Å². The Morgan fingerprint density at radius 2 is 1.08 bits per heavy atom. The summed E-state index contributed by atoms with van der Waals surface area (Å²) in [7, 11) is 0. The van der Waals surface area contributed by atoms with Crippen molar-refractivity contribution < 1.29 is 0 Å². The van der Waals surface area contributed by atoms with Gasteiger partial charge in [0.25, 0.3) is 0 Å². The van der Waals surface area contributed by atoms with Crippen LogP contribution >= 0.6 is 0 Å². The van der Waals surface area contributed by atoms with E-state index in [0.29, 0.717) is 0 Å². The van der Waals surface area contributed by atoms with Crippen LogP contribution in [0.15, 0.2) is 134 Å². The zero-order valence-corrected chi connectivity index (χ0v) is 20.0.